The highest BCUT2D eigenvalue weighted by atomic mass is 16.5. The highest BCUT2D eigenvalue weighted by Gasteiger charge is 2.31. The van der Waals surface area contributed by atoms with Gasteiger partial charge in [0.2, 0.25) is 0 Å². The summed E-state index contributed by atoms with van der Waals surface area (Å²) in [6, 6.07) is 4.93. The van der Waals surface area contributed by atoms with Crippen molar-refractivity contribution in [1.82, 2.24) is 0 Å². The zero-order valence-electron chi connectivity index (χ0n) is 15.5. The average molecular weight is 319 g/mol. The van der Waals surface area contributed by atoms with E-state index in [2.05, 4.69) is 37.8 Å². The Bertz CT molecular complexity index is 511. The summed E-state index contributed by atoms with van der Waals surface area (Å²) in [5, 5.41) is 0. The van der Waals surface area contributed by atoms with E-state index in [0.29, 0.717) is 0 Å². The summed E-state index contributed by atoms with van der Waals surface area (Å²) in [5.74, 6) is 0. The van der Waals surface area contributed by atoms with Crippen LogP contribution in [-0.2, 0) is 23.0 Å². The van der Waals surface area contributed by atoms with Gasteiger partial charge in [-0.25, -0.2) is 0 Å². The molecule has 0 saturated heterocycles. The molecule has 0 amide bonds. The van der Waals surface area contributed by atoms with Gasteiger partial charge in [0, 0.05) is 32.5 Å². The van der Waals surface area contributed by atoms with Crippen LogP contribution < -0.4 is 10.6 Å². The van der Waals surface area contributed by atoms with Gasteiger partial charge >= 0.3 is 0 Å². The maximum atomic E-state index is 5.73. The van der Waals surface area contributed by atoms with Crippen LogP contribution in [0, 0.1) is 0 Å². The molecule has 3 nitrogen and oxygen atoms in total. The van der Waals surface area contributed by atoms with E-state index in [1.165, 1.54) is 28.8 Å². The molecule has 1 aromatic carbocycles. The topological polar surface area (TPSA) is 38.5 Å². The van der Waals surface area contributed by atoms with Crippen LogP contribution >= 0.6 is 0 Å². The molecule has 0 aromatic heterocycles. The van der Waals surface area contributed by atoms with Crippen molar-refractivity contribution in [1.29, 1.82) is 0 Å². The Morgan fingerprint density at radius 2 is 2.00 bits per heavy atom. The number of aryl methyl sites for hydroxylation is 2. The number of rotatable bonds is 8. The Kier molecular flexibility index (Phi) is 6.49. The van der Waals surface area contributed by atoms with Crippen molar-refractivity contribution in [2.75, 3.05) is 38.3 Å². The third-order valence-corrected chi connectivity index (χ3v) is 5.20. The number of hydrogen-bond donors (Lipinski definition) is 1. The predicted molar refractivity (Wildman–Crippen MR) is 99.5 cm³/mol. The van der Waals surface area contributed by atoms with Crippen LogP contribution in [0.4, 0.5) is 5.69 Å². The van der Waals surface area contributed by atoms with E-state index >= 15 is 0 Å². The van der Waals surface area contributed by atoms with Gasteiger partial charge in [0.15, 0.2) is 0 Å². The fraction of sp³-hybridized carbons (Fsp3) is 0.700. The summed E-state index contributed by atoms with van der Waals surface area (Å²) in [5.41, 5.74) is 12.0. The lowest BCUT2D eigenvalue weighted by Crippen LogP contribution is -2.38. The molecule has 0 unspecified atom stereocenters. The van der Waals surface area contributed by atoms with Gasteiger partial charge in [0.25, 0.3) is 0 Å². The zero-order valence-corrected chi connectivity index (χ0v) is 15.5. The van der Waals surface area contributed by atoms with E-state index in [1.54, 1.807) is 7.11 Å². The third-order valence-electron chi connectivity index (χ3n) is 5.20. The highest BCUT2D eigenvalue weighted by Crippen LogP contribution is 2.41. The van der Waals surface area contributed by atoms with Gasteiger partial charge in [0.05, 0.1) is 0 Å². The van der Waals surface area contributed by atoms with Gasteiger partial charge in [-0.15, -0.1) is 0 Å². The number of benzene rings is 1. The first-order valence-corrected chi connectivity index (χ1v) is 9.13. The van der Waals surface area contributed by atoms with Gasteiger partial charge in [-0.3, -0.25) is 0 Å². The largest absolute Gasteiger partial charge is 0.385 e. The first-order chi connectivity index (χ1) is 11.0. The van der Waals surface area contributed by atoms with Crippen LogP contribution in [0.5, 0.6) is 0 Å². The van der Waals surface area contributed by atoms with Crippen LogP contribution in [0.25, 0.3) is 0 Å². The number of ether oxygens (including phenoxy) is 1. The van der Waals surface area contributed by atoms with Crippen molar-refractivity contribution in [2.24, 2.45) is 5.73 Å². The predicted octanol–water partition coefficient (Wildman–Crippen LogP) is 3.66. The lowest BCUT2D eigenvalue weighted by molar-refractivity contribution is 0.195. The number of nitrogens with zero attached hydrogens (tertiary/aromatic N) is 1. The lowest BCUT2D eigenvalue weighted by atomic mass is 9.76. The molecule has 2 rings (SSSR count). The quantitative estimate of drug-likeness (QED) is 0.743. The van der Waals surface area contributed by atoms with Crippen LogP contribution in [0.2, 0.25) is 0 Å². The molecule has 2 N–H and O–H groups in total. The van der Waals surface area contributed by atoms with Crippen molar-refractivity contribution >= 4 is 5.69 Å². The Hall–Kier alpha value is -1.06. The van der Waals surface area contributed by atoms with Crippen LogP contribution in [0.3, 0.4) is 0 Å². The second-order valence-electron chi connectivity index (χ2n) is 7.35. The highest BCUT2D eigenvalue weighted by molar-refractivity contribution is 5.62. The summed E-state index contributed by atoms with van der Waals surface area (Å²) >= 11 is 0. The smallest absolute Gasteiger partial charge is 0.0479 e. The molecule has 0 atom stereocenters. The fourth-order valence-corrected chi connectivity index (χ4v) is 3.64. The Morgan fingerprint density at radius 1 is 1.22 bits per heavy atom. The molecule has 130 valence electrons. The van der Waals surface area contributed by atoms with E-state index in [4.69, 9.17) is 10.5 Å². The molecule has 3 heteroatoms. The minimum atomic E-state index is 0.267. The first kappa shape index (κ1) is 18.3. The molecule has 0 saturated carbocycles. The minimum absolute atomic E-state index is 0.267. The average Bonchev–Trinajstić information content (AvgIpc) is 2.54. The summed E-state index contributed by atoms with van der Waals surface area (Å²) in [7, 11) is 1.78. The Balaban J connectivity index is 2.35. The van der Waals surface area contributed by atoms with Gasteiger partial charge < -0.3 is 15.4 Å². The van der Waals surface area contributed by atoms with E-state index in [9.17, 15) is 0 Å². The summed E-state index contributed by atoms with van der Waals surface area (Å²) in [4.78, 5) is 2.56. The van der Waals surface area contributed by atoms with Gasteiger partial charge in [-0.05, 0) is 66.8 Å². The van der Waals surface area contributed by atoms with E-state index < -0.39 is 0 Å². The van der Waals surface area contributed by atoms with Crippen molar-refractivity contribution in [3.05, 3.63) is 28.8 Å². The summed E-state index contributed by atoms with van der Waals surface area (Å²) in [6.07, 6.45) is 5.58. The molecule has 1 heterocycles. The second-order valence-corrected chi connectivity index (χ2v) is 7.35. The fourth-order valence-electron chi connectivity index (χ4n) is 3.64. The molecule has 0 radical (unpaired) electrons. The number of fused-ring (bicyclic) bond motifs is 1. The molecular weight excluding hydrogens is 284 g/mol. The molecule has 1 aliphatic heterocycles. The second kappa shape index (κ2) is 8.16. The summed E-state index contributed by atoms with van der Waals surface area (Å²) < 4.78 is 5.23. The number of hydrogen-bond acceptors (Lipinski definition) is 3. The molecule has 0 spiro atoms. The molecule has 0 fully saturated rings. The monoisotopic (exact) mass is 318 g/mol. The van der Waals surface area contributed by atoms with Gasteiger partial charge in [-0.1, -0.05) is 26.8 Å². The molecule has 1 aromatic rings. The number of nitrogens with two attached hydrogens (primary N) is 1. The van der Waals surface area contributed by atoms with Crippen LogP contribution in [0.15, 0.2) is 12.1 Å². The molecule has 0 bridgehead atoms. The molecular formula is C20H34N2O. The molecule has 1 aliphatic rings. The maximum absolute atomic E-state index is 5.73. The van der Waals surface area contributed by atoms with Gasteiger partial charge in [-0.2, -0.15) is 0 Å². The Labute approximate surface area is 142 Å². The van der Waals surface area contributed by atoms with Crippen LogP contribution in [-0.4, -0.2) is 33.4 Å². The van der Waals surface area contributed by atoms with Crippen LogP contribution in [0.1, 0.15) is 56.7 Å². The van der Waals surface area contributed by atoms with E-state index in [1.807, 2.05) is 0 Å². The lowest BCUT2D eigenvalue weighted by Gasteiger charge is -2.41. The zero-order chi connectivity index (χ0) is 16.9. The first-order valence-electron chi connectivity index (χ1n) is 9.13. The molecule has 23 heavy (non-hydrogen) atoms. The third kappa shape index (κ3) is 4.27. The van der Waals surface area contributed by atoms with Crippen molar-refractivity contribution in [3.8, 4) is 0 Å². The van der Waals surface area contributed by atoms with E-state index in [0.717, 1.165) is 51.9 Å². The Morgan fingerprint density at radius 3 is 2.65 bits per heavy atom. The minimum Gasteiger partial charge on any atom is -0.385 e. The SMILES string of the molecule is CCc1cc2c(cc1CCCN)N(CCCOC)CCC2(C)C. The normalized spacial score (nSPS) is 16.5. The van der Waals surface area contributed by atoms with Gasteiger partial charge in [0.1, 0.15) is 0 Å². The van der Waals surface area contributed by atoms with Crippen molar-refractivity contribution in [2.45, 2.75) is 58.3 Å². The maximum Gasteiger partial charge on any atom is 0.0479 e. The van der Waals surface area contributed by atoms with Crippen molar-refractivity contribution < 1.29 is 4.74 Å². The summed E-state index contributed by atoms with van der Waals surface area (Å²) in [6.45, 7) is 10.9. The molecule has 0 aliphatic carbocycles. The van der Waals surface area contributed by atoms with Crippen molar-refractivity contribution in [3.63, 3.8) is 0 Å². The number of anilines is 1. The standard InChI is InChI=1S/C20H34N2O/c1-5-16-14-18-19(15-17(16)8-6-10-21)22(11-7-13-23-4)12-9-20(18,2)3/h14-15H,5-13,21H2,1-4H3. The number of methoxy groups -OCH3 is 1. The van der Waals surface area contributed by atoms with E-state index in [-0.39, 0.29) is 5.41 Å².